The number of carbonyl (C=O) groups excluding carboxylic acids is 1. The zero-order valence-electron chi connectivity index (χ0n) is 12.7. The number of nitrogens with one attached hydrogen (secondary N) is 1. The summed E-state index contributed by atoms with van der Waals surface area (Å²) in [5.41, 5.74) is -0.691. The van der Waals surface area contributed by atoms with Crippen molar-refractivity contribution in [2.45, 2.75) is 50.1 Å². The number of aromatic nitrogens is 4. The third-order valence-corrected chi connectivity index (χ3v) is 4.00. The molecule has 0 saturated carbocycles. The number of ether oxygens (including phenoxy) is 1. The first-order valence-electron chi connectivity index (χ1n) is 6.74. The van der Waals surface area contributed by atoms with Gasteiger partial charge in [-0.15, -0.1) is 5.10 Å². The number of rotatable bonds is 8. The summed E-state index contributed by atoms with van der Waals surface area (Å²) < 4.78 is 6.78. The molecule has 114 valence electrons. The van der Waals surface area contributed by atoms with Crippen LogP contribution >= 0.6 is 11.8 Å². The van der Waals surface area contributed by atoms with Gasteiger partial charge in [-0.1, -0.05) is 25.6 Å². The smallest absolute Gasteiger partial charge is 0.326 e. The van der Waals surface area contributed by atoms with E-state index >= 15 is 0 Å². The average Bonchev–Trinajstić information content (AvgIpc) is 2.75. The van der Waals surface area contributed by atoms with Gasteiger partial charge in [-0.2, -0.15) is 0 Å². The lowest BCUT2D eigenvalue weighted by atomic mass is 9.96. The molecule has 1 N–H and O–H groups in total. The maximum Gasteiger partial charge on any atom is 0.326 e. The Balaban J connectivity index is 2.69. The predicted octanol–water partition coefficient (Wildman–Crippen LogP) is 1.01. The van der Waals surface area contributed by atoms with Crippen LogP contribution < -0.4 is 5.32 Å². The van der Waals surface area contributed by atoms with Gasteiger partial charge in [0.05, 0.1) is 6.61 Å². The predicted molar refractivity (Wildman–Crippen MR) is 77.4 cm³/mol. The highest BCUT2D eigenvalue weighted by molar-refractivity contribution is 7.99. The Morgan fingerprint density at radius 2 is 2.25 bits per heavy atom. The van der Waals surface area contributed by atoms with E-state index in [1.54, 1.807) is 23.5 Å². The maximum absolute atomic E-state index is 12.1. The van der Waals surface area contributed by atoms with Crippen LogP contribution in [0.2, 0.25) is 0 Å². The summed E-state index contributed by atoms with van der Waals surface area (Å²) in [5, 5.41) is 15.5. The number of carbonyl (C=O) groups is 1. The molecule has 0 aliphatic carbocycles. The summed E-state index contributed by atoms with van der Waals surface area (Å²) in [6.45, 7) is 8.80. The molecule has 0 spiro atoms. The highest BCUT2D eigenvalue weighted by atomic mass is 32.2. The molecular formula is C12H23N5O2S. The molecule has 8 heteroatoms. The van der Waals surface area contributed by atoms with Crippen molar-refractivity contribution < 1.29 is 9.53 Å². The third kappa shape index (κ3) is 4.45. The SMILES string of the molecule is CCNC(C)(CC(C)Sc1nnnn1C)C(=O)OCC. The Bertz CT molecular complexity index is 439. The Labute approximate surface area is 123 Å². The fourth-order valence-electron chi connectivity index (χ4n) is 2.03. The average molecular weight is 301 g/mol. The third-order valence-electron chi connectivity index (χ3n) is 2.88. The highest BCUT2D eigenvalue weighted by Gasteiger charge is 2.35. The molecule has 7 nitrogen and oxygen atoms in total. The van der Waals surface area contributed by atoms with Crippen molar-refractivity contribution in [2.24, 2.45) is 7.05 Å². The van der Waals surface area contributed by atoms with Gasteiger partial charge in [0.1, 0.15) is 5.54 Å². The minimum absolute atomic E-state index is 0.174. The molecule has 0 bridgehead atoms. The Morgan fingerprint density at radius 1 is 1.55 bits per heavy atom. The molecule has 1 heterocycles. The lowest BCUT2D eigenvalue weighted by Crippen LogP contribution is -2.51. The molecule has 0 amide bonds. The maximum atomic E-state index is 12.1. The van der Waals surface area contributed by atoms with E-state index in [-0.39, 0.29) is 11.2 Å². The van der Waals surface area contributed by atoms with Crippen molar-refractivity contribution in [2.75, 3.05) is 13.2 Å². The number of tetrazole rings is 1. The zero-order chi connectivity index (χ0) is 15.2. The van der Waals surface area contributed by atoms with Crippen LogP contribution in [0.3, 0.4) is 0 Å². The number of aryl methyl sites for hydroxylation is 1. The molecule has 0 aromatic carbocycles. The summed E-state index contributed by atoms with van der Waals surface area (Å²) >= 11 is 1.54. The largest absolute Gasteiger partial charge is 0.465 e. The van der Waals surface area contributed by atoms with Gasteiger partial charge in [-0.3, -0.25) is 4.79 Å². The first-order chi connectivity index (χ1) is 9.42. The number of likely N-dealkylation sites (N-methyl/N-ethyl adjacent to an activating group) is 1. The van der Waals surface area contributed by atoms with Gasteiger partial charge in [-0.05, 0) is 37.2 Å². The van der Waals surface area contributed by atoms with Crippen LogP contribution in [0.5, 0.6) is 0 Å². The summed E-state index contributed by atoms with van der Waals surface area (Å²) in [5.74, 6) is -0.217. The number of thioether (sulfide) groups is 1. The van der Waals surface area contributed by atoms with Crippen LogP contribution in [0.1, 0.15) is 34.1 Å². The highest BCUT2D eigenvalue weighted by Crippen LogP contribution is 2.27. The molecular weight excluding hydrogens is 278 g/mol. The van der Waals surface area contributed by atoms with Crippen molar-refractivity contribution in [1.82, 2.24) is 25.5 Å². The molecule has 0 aliphatic heterocycles. The van der Waals surface area contributed by atoms with E-state index in [1.807, 2.05) is 27.7 Å². The van der Waals surface area contributed by atoms with Gasteiger partial charge in [-0.25, -0.2) is 4.68 Å². The van der Waals surface area contributed by atoms with Gasteiger partial charge in [0.15, 0.2) is 0 Å². The zero-order valence-corrected chi connectivity index (χ0v) is 13.5. The first-order valence-corrected chi connectivity index (χ1v) is 7.62. The molecule has 0 saturated heterocycles. The molecule has 0 aliphatic rings. The standard InChI is InChI=1S/C12H23N5O2S/c1-6-13-12(4,10(18)19-7-2)8-9(3)20-11-14-15-16-17(11)5/h9,13H,6-8H2,1-5H3. The van der Waals surface area contributed by atoms with Crippen LogP contribution in [0.25, 0.3) is 0 Å². The van der Waals surface area contributed by atoms with Crippen LogP contribution in [0, 0.1) is 0 Å². The van der Waals surface area contributed by atoms with Crippen molar-refractivity contribution in [3.8, 4) is 0 Å². The summed E-state index contributed by atoms with van der Waals surface area (Å²) in [7, 11) is 1.80. The minimum atomic E-state index is -0.691. The minimum Gasteiger partial charge on any atom is -0.465 e. The lowest BCUT2D eigenvalue weighted by Gasteiger charge is -2.30. The van der Waals surface area contributed by atoms with Crippen molar-refractivity contribution >= 4 is 17.7 Å². The Hall–Kier alpha value is -1.15. The molecule has 2 atom stereocenters. The van der Waals surface area contributed by atoms with E-state index < -0.39 is 5.54 Å². The Kier molecular flexibility index (Phi) is 6.41. The molecule has 0 radical (unpaired) electrons. The van der Waals surface area contributed by atoms with Gasteiger partial charge in [0.2, 0.25) is 5.16 Å². The molecule has 2 unspecified atom stereocenters. The van der Waals surface area contributed by atoms with E-state index in [2.05, 4.69) is 20.8 Å². The van der Waals surface area contributed by atoms with E-state index in [4.69, 9.17) is 4.74 Å². The topological polar surface area (TPSA) is 81.9 Å². The second kappa shape index (κ2) is 7.58. The van der Waals surface area contributed by atoms with Gasteiger partial charge < -0.3 is 10.1 Å². The van der Waals surface area contributed by atoms with Gasteiger partial charge >= 0.3 is 5.97 Å². The summed E-state index contributed by atoms with van der Waals surface area (Å²) in [4.78, 5) is 12.1. The van der Waals surface area contributed by atoms with Crippen LogP contribution in [-0.2, 0) is 16.6 Å². The molecule has 20 heavy (non-hydrogen) atoms. The van der Waals surface area contributed by atoms with E-state index in [0.29, 0.717) is 19.6 Å². The summed E-state index contributed by atoms with van der Waals surface area (Å²) in [6.07, 6.45) is 0.636. The molecule has 1 aromatic rings. The van der Waals surface area contributed by atoms with Crippen LogP contribution in [-0.4, -0.2) is 50.1 Å². The van der Waals surface area contributed by atoms with Crippen molar-refractivity contribution in [1.29, 1.82) is 0 Å². The number of hydrogen-bond acceptors (Lipinski definition) is 7. The number of hydrogen-bond donors (Lipinski definition) is 1. The van der Waals surface area contributed by atoms with Crippen molar-refractivity contribution in [3.63, 3.8) is 0 Å². The van der Waals surface area contributed by atoms with E-state index in [9.17, 15) is 4.79 Å². The monoisotopic (exact) mass is 301 g/mol. The molecule has 0 fully saturated rings. The second-order valence-electron chi connectivity index (χ2n) is 4.80. The summed E-state index contributed by atoms with van der Waals surface area (Å²) in [6, 6.07) is 0. The van der Waals surface area contributed by atoms with Gasteiger partial charge in [0.25, 0.3) is 0 Å². The number of nitrogens with zero attached hydrogens (tertiary/aromatic N) is 4. The van der Waals surface area contributed by atoms with E-state index in [1.165, 1.54) is 0 Å². The van der Waals surface area contributed by atoms with Gasteiger partial charge in [0, 0.05) is 12.3 Å². The first kappa shape index (κ1) is 16.9. The normalized spacial score (nSPS) is 15.7. The second-order valence-corrected chi connectivity index (χ2v) is 6.21. The van der Waals surface area contributed by atoms with Crippen LogP contribution in [0.15, 0.2) is 5.16 Å². The van der Waals surface area contributed by atoms with Crippen LogP contribution in [0.4, 0.5) is 0 Å². The fraction of sp³-hybridized carbons (Fsp3) is 0.833. The van der Waals surface area contributed by atoms with E-state index in [0.717, 1.165) is 5.16 Å². The Morgan fingerprint density at radius 3 is 2.75 bits per heavy atom. The molecule has 1 rings (SSSR count). The van der Waals surface area contributed by atoms with Crippen molar-refractivity contribution in [3.05, 3.63) is 0 Å². The molecule has 1 aromatic heterocycles. The lowest BCUT2D eigenvalue weighted by molar-refractivity contribution is -0.150. The number of esters is 1. The quantitative estimate of drug-likeness (QED) is 0.567. The fourth-order valence-corrected chi connectivity index (χ4v) is 3.08.